The van der Waals surface area contributed by atoms with Crippen molar-refractivity contribution in [3.8, 4) is 0 Å². The van der Waals surface area contributed by atoms with Crippen molar-refractivity contribution >= 4 is 10.0 Å². The highest BCUT2D eigenvalue weighted by Gasteiger charge is 2.27. The van der Waals surface area contributed by atoms with E-state index >= 15 is 0 Å². The van der Waals surface area contributed by atoms with Gasteiger partial charge in [-0.15, -0.1) is 0 Å². The van der Waals surface area contributed by atoms with E-state index in [9.17, 15) is 8.42 Å². The Balaban J connectivity index is 2.99. The fraction of sp³-hybridized carbons (Fsp3) is 0.769. The van der Waals surface area contributed by atoms with Crippen LogP contribution >= 0.6 is 0 Å². The summed E-state index contributed by atoms with van der Waals surface area (Å²) in [6.07, 6.45) is 3.18. The predicted octanol–water partition coefficient (Wildman–Crippen LogP) is 1.72. The van der Waals surface area contributed by atoms with Gasteiger partial charge in [0, 0.05) is 31.2 Å². The van der Waals surface area contributed by atoms with Gasteiger partial charge in [0.25, 0.3) is 10.0 Å². The van der Waals surface area contributed by atoms with Gasteiger partial charge in [-0.25, -0.2) is 8.42 Å². The lowest BCUT2D eigenvalue weighted by molar-refractivity contribution is 0.407. The van der Waals surface area contributed by atoms with Crippen LogP contribution in [0.4, 0.5) is 0 Å². The Bertz CT molecular complexity index is 490. The Hall–Kier alpha value is -0.920. The summed E-state index contributed by atoms with van der Waals surface area (Å²) in [4.78, 5) is 0. The summed E-state index contributed by atoms with van der Waals surface area (Å²) in [5.41, 5.74) is 0.691. The Morgan fingerprint density at radius 2 is 1.90 bits per heavy atom. The summed E-state index contributed by atoms with van der Waals surface area (Å²) in [5, 5.41) is 9.98. The van der Waals surface area contributed by atoms with Crippen molar-refractivity contribution in [3.05, 3.63) is 11.8 Å². The van der Waals surface area contributed by atoms with E-state index in [-0.39, 0.29) is 5.03 Å². The van der Waals surface area contributed by atoms with Gasteiger partial charge in [-0.2, -0.15) is 9.40 Å². The maximum Gasteiger partial charge on any atom is 0.260 e. The van der Waals surface area contributed by atoms with Gasteiger partial charge in [0.2, 0.25) is 0 Å². The van der Waals surface area contributed by atoms with Crippen LogP contribution in [0.3, 0.4) is 0 Å². The van der Waals surface area contributed by atoms with E-state index in [1.807, 2.05) is 27.7 Å². The Labute approximate surface area is 122 Å². The molecule has 0 aromatic carbocycles. The number of aromatic nitrogens is 2. The van der Waals surface area contributed by atoms with Crippen LogP contribution in [-0.4, -0.2) is 42.1 Å². The molecule has 20 heavy (non-hydrogen) atoms. The molecule has 116 valence electrons. The van der Waals surface area contributed by atoms with Crippen LogP contribution in [0.2, 0.25) is 0 Å². The van der Waals surface area contributed by atoms with Crippen molar-refractivity contribution in [1.82, 2.24) is 19.8 Å². The van der Waals surface area contributed by atoms with E-state index in [2.05, 4.69) is 15.5 Å². The van der Waals surface area contributed by atoms with Crippen LogP contribution in [0.1, 0.15) is 46.1 Å². The number of rotatable bonds is 9. The Morgan fingerprint density at radius 3 is 2.40 bits per heavy atom. The first kappa shape index (κ1) is 17.1. The molecular formula is C13H26N4O2S. The van der Waals surface area contributed by atoms with E-state index in [0.29, 0.717) is 31.2 Å². The van der Waals surface area contributed by atoms with E-state index in [1.165, 1.54) is 4.31 Å². The molecule has 0 bridgehead atoms. The minimum atomic E-state index is -3.49. The van der Waals surface area contributed by atoms with Gasteiger partial charge in [-0.3, -0.25) is 5.10 Å². The minimum absolute atomic E-state index is 0.215. The fourth-order valence-corrected chi connectivity index (χ4v) is 3.67. The fourth-order valence-electron chi connectivity index (χ4n) is 1.94. The molecule has 0 saturated carbocycles. The summed E-state index contributed by atoms with van der Waals surface area (Å²) in [6.45, 7) is 9.56. The van der Waals surface area contributed by atoms with Gasteiger partial charge in [0.15, 0.2) is 5.03 Å². The summed E-state index contributed by atoms with van der Waals surface area (Å²) in [5.74, 6) is 0. The van der Waals surface area contributed by atoms with E-state index in [4.69, 9.17) is 0 Å². The quantitative estimate of drug-likeness (QED) is 0.728. The zero-order valence-corrected chi connectivity index (χ0v) is 13.6. The third-order valence-corrected chi connectivity index (χ3v) is 4.84. The van der Waals surface area contributed by atoms with Crippen molar-refractivity contribution in [2.45, 2.75) is 58.1 Å². The number of sulfonamides is 1. The molecule has 7 heteroatoms. The van der Waals surface area contributed by atoms with Crippen molar-refractivity contribution in [2.24, 2.45) is 0 Å². The molecule has 1 rings (SSSR count). The van der Waals surface area contributed by atoms with E-state index in [0.717, 1.165) is 12.8 Å². The van der Waals surface area contributed by atoms with Gasteiger partial charge in [0.05, 0.1) is 6.20 Å². The summed E-state index contributed by atoms with van der Waals surface area (Å²) in [6, 6.07) is 0.294. The highest BCUT2D eigenvalue weighted by Crippen LogP contribution is 2.18. The molecule has 1 heterocycles. The van der Waals surface area contributed by atoms with E-state index in [1.54, 1.807) is 6.20 Å². The van der Waals surface area contributed by atoms with Crippen LogP contribution in [0.5, 0.6) is 0 Å². The van der Waals surface area contributed by atoms with Crippen molar-refractivity contribution in [1.29, 1.82) is 0 Å². The number of H-pyrrole nitrogens is 1. The molecule has 0 aliphatic heterocycles. The molecule has 0 atom stereocenters. The summed E-state index contributed by atoms with van der Waals surface area (Å²) >= 11 is 0. The van der Waals surface area contributed by atoms with Gasteiger partial charge >= 0.3 is 0 Å². The molecule has 0 aliphatic carbocycles. The van der Waals surface area contributed by atoms with Crippen LogP contribution in [0.15, 0.2) is 11.2 Å². The Morgan fingerprint density at radius 1 is 1.30 bits per heavy atom. The molecule has 0 unspecified atom stereocenters. The maximum absolute atomic E-state index is 12.7. The number of aromatic amines is 1. The molecule has 0 spiro atoms. The lowest BCUT2D eigenvalue weighted by Gasteiger charge is -2.20. The first-order chi connectivity index (χ1) is 9.43. The molecule has 0 amide bonds. The highest BCUT2D eigenvalue weighted by molar-refractivity contribution is 7.89. The monoisotopic (exact) mass is 302 g/mol. The lowest BCUT2D eigenvalue weighted by atomic mass is 10.3. The van der Waals surface area contributed by atoms with Crippen molar-refractivity contribution in [3.63, 3.8) is 0 Å². The normalized spacial score (nSPS) is 12.5. The number of nitrogens with zero attached hydrogens (tertiary/aromatic N) is 2. The molecule has 2 N–H and O–H groups in total. The minimum Gasteiger partial charge on any atom is -0.310 e. The molecule has 0 aliphatic rings. The zero-order valence-electron chi connectivity index (χ0n) is 12.8. The Kier molecular flexibility index (Phi) is 6.64. The molecule has 1 aromatic heterocycles. The molecule has 0 saturated heterocycles. The third kappa shape index (κ3) is 4.29. The van der Waals surface area contributed by atoms with Gasteiger partial charge in [-0.05, 0) is 12.8 Å². The van der Waals surface area contributed by atoms with Crippen LogP contribution in [-0.2, 0) is 16.6 Å². The van der Waals surface area contributed by atoms with Gasteiger partial charge < -0.3 is 5.32 Å². The second kappa shape index (κ2) is 7.75. The average molecular weight is 302 g/mol. The topological polar surface area (TPSA) is 78.1 Å². The predicted molar refractivity (Wildman–Crippen MR) is 79.9 cm³/mol. The summed E-state index contributed by atoms with van der Waals surface area (Å²) in [7, 11) is -3.49. The second-order valence-electron chi connectivity index (χ2n) is 5.16. The first-order valence-corrected chi connectivity index (χ1v) is 8.63. The number of hydrogen-bond acceptors (Lipinski definition) is 4. The van der Waals surface area contributed by atoms with Gasteiger partial charge in [-0.1, -0.05) is 27.7 Å². The maximum atomic E-state index is 12.7. The second-order valence-corrected chi connectivity index (χ2v) is 7.04. The van der Waals surface area contributed by atoms with Crippen LogP contribution < -0.4 is 5.32 Å². The summed E-state index contributed by atoms with van der Waals surface area (Å²) < 4.78 is 26.9. The first-order valence-electron chi connectivity index (χ1n) is 7.19. The zero-order chi connectivity index (χ0) is 15.2. The molecule has 0 fully saturated rings. The van der Waals surface area contributed by atoms with Gasteiger partial charge in [0.1, 0.15) is 0 Å². The highest BCUT2D eigenvalue weighted by atomic mass is 32.2. The van der Waals surface area contributed by atoms with Crippen LogP contribution in [0.25, 0.3) is 0 Å². The number of nitrogens with one attached hydrogen (secondary N) is 2. The standard InChI is InChI=1S/C13H26N4O2S/c1-5-7-17(8-6-2)20(18,19)13-12(10-15-16-13)9-14-11(3)4/h10-11,14H,5-9H2,1-4H3,(H,15,16). The van der Waals surface area contributed by atoms with Crippen molar-refractivity contribution in [2.75, 3.05) is 13.1 Å². The average Bonchev–Trinajstić information content (AvgIpc) is 2.85. The molecular weight excluding hydrogens is 276 g/mol. The molecule has 1 aromatic rings. The third-order valence-electron chi connectivity index (χ3n) is 2.92. The SMILES string of the molecule is CCCN(CCC)S(=O)(=O)c1[nH]ncc1CNC(C)C. The smallest absolute Gasteiger partial charge is 0.260 e. The largest absolute Gasteiger partial charge is 0.310 e. The van der Waals surface area contributed by atoms with Crippen molar-refractivity contribution < 1.29 is 8.42 Å². The molecule has 6 nitrogen and oxygen atoms in total. The number of hydrogen-bond donors (Lipinski definition) is 2. The molecule has 0 radical (unpaired) electrons. The van der Waals surface area contributed by atoms with Crippen LogP contribution in [0, 0.1) is 0 Å². The lowest BCUT2D eigenvalue weighted by Crippen LogP contribution is -2.34. The van der Waals surface area contributed by atoms with E-state index < -0.39 is 10.0 Å².